The molecule has 24 heavy (non-hydrogen) atoms. The molecule has 0 amide bonds. The summed E-state index contributed by atoms with van der Waals surface area (Å²) in [5.41, 5.74) is 4.38. The smallest absolute Gasteiger partial charge is 0.167 e. The first kappa shape index (κ1) is 15.3. The zero-order chi connectivity index (χ0) is 16.4. The number of aryl methyl sites for hydroxylation is 1. The fraction of sp³-hybridized carbons (Fsp3) is 0.368. The van der Waals surface area contributed by atoms with Crippen LogP contribution in [0.3, 0.4) is 0 Å². The summed E-state index contributed by atoms with van der Waals surface area (Å²) < 4.78 is 5.41. The molecule has 0 aliphatic carbocycles. The normalized spacial score (nSPS) is 16.7. The maximum atomic E-state index is 5.41. The summed E-state index contributed by atoms with van der Waals surface area (Å²) in [6.07, 6.45) is 1.86. The predicted molar refractivity (Wildman–Crippen MR) is 93.5 cm³/mol. The van der Waals surface area contributed by atoms with E-state index in [1.54, 1.807) is 0 Å². The van der Waals surface area contributed by atoms with Crippen LogP contribution in [-0.4, -0.2) is 46.1 Å². The Morgan fingerprint density at radius 2 is 1.71 bits per heavy atom. The van der Waals surface area contributed by atoms with E-state index in [9.17, 15) is 0 Å². The van der Waals surface area contributed by atoms with E-state index >= 15 is 0 Å². The maximum Gasteiger partial charge on any atom is 0.167 e. The topological polar surface area (TPSA) is 45.4 Å². The van der Waals surface area contributed by atoms with Gasteiger partial charge in [-0.05, 0) is 30.7 Å². The number of hydrogen-bond donors (Lipinski definition) is 0. The van der Waals surface area contributed by atoms with Crippen LogP contribution in [0.5, 0.6) is 0 Å². The predicted octanol–water partition coefficient (Wildman–Crippen LogP) is 2.85. The molecule has 0 saturated carbocycles. The molecule has 1 aliphatic rings. The van der Waals surface area contributed by atoms with Gasteiger partial charge in [-0.25, -0.2) is 0 Å². The van der Waals surface area contributed by atoms with Gasteiger partial charge in [0.15, 0.2) is 5.58 Å². The van der Waals surface area contributed by atoms with Crippen LogP contribution in [0.25, 0.3) is 11.0 Å². The van der Waals surface area contributed by atoms with E-state index in [0.29, 0.717) is 0 Å². The summed E-state index contributed by atoms with van der Waals surface area (Å²) >= 11 is 0. The number of pyridine rings is 1. The highest BCUT2D eigenvalue weighted by atomic mass is 16.5. The van der Waals surface area contributed by atoms with Crippen molar-refractivity contribution in [1.82, 2.24) is 19.9 Å². The largest absolute Gasteiger partial charge is 0.356 e. The Morgan fingerprint density at radius 1 is 0.958 bits per heavy atom. The van der Waals surface area contributed by atoms with Crippen molar-refractivity contribution in [2.45, 2.75) is 20.0 Å². The highest BCUT2D eigenvalue weighted by Crippen LogP contribution is 2.20. The van der Waals surface area contributed by atoms with E-state index < -0.39 is 0 Å². The molecule has 0 unspecified atom stereocenters. The molecule has 0 atom stereocenters. The van der Waals surface area contributed by atoms with Crippen LogP contribution < -0.4 is 0 Å². The van der Waals surface area contributed by atoms with Gasteiger partial charge in [0.05, 0.1) is 0 Å². The molecule has 1 aliphatic heterocycles. The standard InChI is InChI=1S/C19H22N4O/c1-15-16(5-4-8-20-15)13-22-9-11-23(12-10-22)14-18-17-6-2-3-7-19(17)24-21-18/h2-8H,9-14H2,1H3. The highest BCUT2D eigenvalue weighted by Gasteiger charge is 2.19. The molecule has 0 radical (unpaired) electrons. The van der Waals surface area contributed by atoms with Gasteiger partial charge in [0.1, 0.15) is 5.69 Å². The lowest BCUT2D eigenvalue weighted by Crippen LogP contribution is -2.45. The Morgan fingerprint density at radius 3 is 2.50 bits per heavy atom. The molecular weight excluding hydrogens is 300 g/mol. The van der Waals surface area contributed by atoms with Crippen LogP contribution in [0.1, 0.15) is 17.0 Å². The Bertz CT molecular complexity index is 821. The summed E-state index contributed by atoms with van der Waals surface area (Å²) in [6, 6.07) is 12.3. The number of para-hydroxylation sites is 1. The molecule has 1 saturated heterocycles. The molecule has 1 fully saturated rings. The molecule has 124 valence electrons. The minimum absolute atomic E-state index is 0.858. The fourth-order valence-electron chi connectivity index (χ4n) is 3.30. The first-order valence-electron chi connectivity index (χ1n) is 8.48. The number of fused-ring (bicyclic) bond motifs is 1. The second-order valence-corrected chi connectivity index (χ2v) is 6.43. The second kappa shape index (κ2) is 6.71. The van der Waals surface area contributed by atoms with Gasteiger partial charge >= 0.3 is 0 Å². The van der Waals surface area contributed by atoms with Crippen molar-refractivity contribution < 1.29 is 4.52 Å². The average Bonchev–Trinajstić information content (AvgIpc) is 3.02. The molecule has 5 nitrogen and oxygen atoms in total. The van der Waals surface area contributed by atoms with Crippen LogP contribution in [0, 0.1) is 6.92 Å². The van der Waals surface area contributed by atoms with Crippen LogP contribution >= 0.6 is 0 Å². The van der Waals surface area contributed by atoms with Gasteiger partial charge in [-0.3, -0.25) is 14.8 Å². The SMILES string of the molecule is Cc1ncccc1CN1CCN(Cc2noc3ccccc23)CC1. The fourth-order valence-corrected chi connectivity index (χ4v) is 3.30. The van der Waals surface area contributed by atoms with Gasteiger partial charge in [-0.2, -0.15) is 0 Å². The van der Waals surface area contributed by atoms with Crippen LogP contribution in [0.4, 0.5) is 0 Å². The van der Waals surface area contributed by atoms with Crippen molar-refractivity contribution >= 4 is 11.0 Å². The van der Waals surface area contributed by atoms with Crippen molar-refractivity contribution in [2.75, 3.05) is 26.2 Å². The maximum absolute atomic E-state index is 5.41. The van der Waals surface area contributed by atoms with Crippen molar-refractivity contribution in [3.8, 4) is 0 Å². The number of nitrogens with zero attached hydrogens (tertiary/aromatic N) is 4. The van der Waals surface area contributed by atoms with E-state index in [1.165, 1.54) is 5.56 Å². The van der Waals surface area contributed by atoms with Gasteiger partial charge in [0.25, 0.3) is 0 Å². The lowest BCUT2D eigenvalue weighted by atomic mass is 10.1. The van der Waals surface area contributed by atoms with Crippen LogP contribution in [-0.2, 0) is 13.1 Å². The van der Waals surface area contributed by atoms with Crippen molar-refractivity contribution in [3.63, 3.8) is 0 Å². The molecular formula is C19H22N4O. The minimum Gasteiger partial charge on any atom is -0.356 e. The number of benzene rings is 1. The summed E-state index contributed by atoms with van der Waals surface area (Å²) in [5.74, 6) is 0. The third-order valence-corrected chi connectivity index (χ3v) is 4.80. The zero-order valence-corrected chi connectivity index (χ0v) is 14.0. The Labute approximate surface area is 141 Å². The van der Waals surface area contributed by atoms with Gasteiger partial charge in [0, 0.05) is 56.5 Å². The first-order valence-corrected chi connectivity index (χ1v) is 8.48. The first-order chi connectivity index (χ1) is 11.8. The van der Waals surface area contributed by atoms with Gasteiger partial charge in [0.2, 0.25) is 0 Å². The number of piperazine rings is 1. The monoisotopic (exact) mass is 322 g/mol. The third kappa shape index (κ3) is 3.18. The van der Waals surface area contributed by atoms with Gasteiger partial charge < -0.3 is 4.52 Å². The van der Waals surface area contributed by atoms with Gasteiger partial charge in [-0.1, -0.05) is 23.4 Å². The summed E-state index contributed by atoms with van der Waals surface area (Å²) in [7, 11) is 0. The summed E-state index contributed by atoms with van der Waals surface area (Å²) in [6.45, 7) is 8.19. The van der Waals surface area contributed by atoms with Crippen molar-refractivity contribution in [1.29, 1.82) is 0 Å². The lowest BCUT2D eigenvalue weighted by Gasteiger charge is -2.34. The van der Waals surface area contributed by atoms with Crippen LogP contribution in [0.2, 0.25) is 0 Å². The Balaban J connectivity index is 1.35. The molecule has 3 aromatic rings. The highest BCUT2D eigenvalue weighted by molar-refractivity contribution is 5.79. The molecule has 3 heterocycles. The van der Waals surface area contributed by atoms with E-state index in [1.807, 2.05) is 30.5 Å². The molecule has 0 bridgehead atoms. The van der Waals surface area contributed by atoms with E-state index in [4.69, 9.17) is 4.52 Å². The van der Waals surface area contributed by atoms with E-state index in [2.05, 4.69) is 39.0 Å². The van der Waals surface area contributed by atoms with Crippen molar-refractivity contribution in [3.05, 3.63) is 59.5 Å². The minimum atomic E-state index is 0.858. The van der Waals surface area contributed by atoms with Crippen LogP contribution in [0.15, 0.2) is 47.1 Å². The summed E-state index contributed by atoms with van der Waals surface area (Å²) in [4.78, 5) is 9.34. The van der Waals surface area contributed by atoms with E-state index in [-0.39, 0.29) is 0 Å². The Hall–Kier alpha value is -2.24. The summed E-state index contributed by atoms with van der Waals surface area (Å²) in [5, 5.41) is 5.38. The molecule has 0 spiro atoms. The molecule has 0 N–H and O–H groups in total. The van der Waals surface area contributed by atoms with Crippen molar-refractivity contribution in [2.24, 2.45) is 0 Å². The quantitative estimate of drug-likeness (QED) is 0.739. The molecule has 2 aromatic heterocycles. The molecule has 4 rings (SSSR count). The molecule has 5 heteroatoms. The number of hydrogen-bond acceptors (Lipinski definition) is 5. The Kier molecular flexibility index (Phi) is 4.28. The lowest BCUT2D eigenvalue weighted by molar-refractivity contribution is 0.120. The second-order valence-electron chi connectivity index (χ2n) is 6.43. The third-order valence-electron chi connectivity index (χ3n) is 4.80. The zero-order valence-electron chi connectivity index (χ0n) is 14.0. The average molecular weight is 322 g/mol. The van der Waals surface area contributed by atoms with E-state index in [0.717, 1.165) is 61.6 Å². The van der Waals surface area contributed by atoms with Gasteiger partial charge in [-0.15, -0.1) is 0 Å². The number of rotatable bonds is 4. The molecule has 1 aromatic carbocycles. The number of aromatic nitrogens is 2.